The number of hydrogen-bond acceptors (Lipinski definition) is 7. The summed E-state index contributed by atoms with van der Waals surface area (Å²) in [5, 5.41) is 11.4. The molecule has 0 radical (unpaired) electrons. The largest absolute Gasteiger partial charge is 0.486 e. The van der Waals surface area contributed by atoms with Crippen LogP contribution in [0.4, 0.5) is 0 Å². The first kappa shape index (κ1) is 16.2. The second-order valence-corrected chi connectivity index (χ2v) is 5.49. The number of rotatable bonds is 7. The van der Waals surface area contributed by atoms with Crippen molar-refractivity contribution in [2.45, 2.75) is 39.3 Å². The highest BCUT2D eigenvalue weighted by atomic mass is 16.6. The molecule has 1 aliphatic rings. The molecule has 0 atom stereocenters. The number of benzene rings is 1. The smallest absolute Gasteiger partial charge is 0.310 e. The molecule has 0 fully saturated rings. The van der Waals surface area contributed by atoms with Gasteiger partial charge in [-0.3, -0.25) is 4.79 Å². The molecule has 0 bridgehead atoms. The fraction of sp³-hybridized carbons (Fsp3) is 0.500. The summed E-state index contributed by atoms with van der Waals surface area (Å²) in [6.07, 6.45) is 2.18. The Morgan fingerprint density at radius 3 is 2.96 bits per heavy atom. The highest BCUT2D eigenvalue weighted by Gasteiger charge is 2.14. The summed E-state index contributed by atoms with van der Waals surface area (Å²) < 4.78 is 17.9. The molecule has 0 N–H and O–H groups in total. The predicted molar refractivity (Wildman–Crippen MR) is 83.7 cm³/mol. The molecule has 0 spiro atoms. The van der Waals surface area contributed by atoms with Gasteiger partial charge in [0.05, 0.1) is 6.42 Å². The second-order valence-electron chi connectivity index (χ2n) is 5.49. The lowest BCUT2D eigenvalue weighted by atomic mass is 10.1. The van der Waals surface area contributed by atoms with E-state index in [2.05, 4.69) is 22.4 Å². The van der Waals surface area contributed by atoms with E-state index < -0.39 is 0 Å². The zero-order valence-electron chi connectivity index (χ0n) is 13.6. The number of esters is 1. The molecular formula is C16H20N4O4. The highest BCUT2D eigenvalue weighted by Crippen LogP contribution is 2.30. The third-order valence-corrected chi connectivity index (χ3v) is 3.65. The number of nitrogens with zero attached hydrogens (tertiary/aromatic N) is 4. The molecule has 0 amide bonds. The van der Waals surface area contributed by atoms with Crippen molar-refractivity contribution < 1.29 is 19.0 Å². The van der Waals surface area contributed by atoms with Crippen LogP contribution in [0.1, 0.15) is 31.2 Å². The van der Waals surface area contributed by atoms with Crippen LogP contribution in [-0.4, -0.2) is 39.4 Å². The van der Waals surface area contributed by atoms with Crippen molar-refractivity contribution in [1.29, 1.82) is 0 Å². The van der Waals surface area contributed by atoms with Crippen molar-refractivity contribution in [3.63, 3.8) is 0 Å². The van der Waals surface area contributed by atoms with E-state index >= 15 is 0 Å². The summed E-state index contributed by atoms with van der Waals surface area (Å²) in [5.41, 5.74) is 0.815. The van der Waals surface area contributed by atoms with Gasteiger partial charge in [0.1, 0.15) is 13.2 Å². The number of aromatic nitrogens is 4. The minimum atomic E-state index is -0.336. The topological polar surface area (TPSA) is 88.4 Å². The highest BCUT2D eigenvalue weighted by molar-refractivity contribution is 5.73. The molecule has 0 saturated heterocycles. The molecule has 1 aromatic carbocycles. The van der Waals surface area contributed by atoms with Gasteiger partial charge in [-0.15, -0.1) is 5.10 Å². The Hall–Kier alpha value is -2.64. The van der Waals surface area contributed by atoms with Crippen molar-refractivity contribution >= 4 is 5.97 Å². The summed E-state index contributed by atoms with van der Waals surface area (Å²) in [6, 6.07) is 5.45. The Morgan fingerprint density at radius 1 is 1.29 bits per heavy atom. The summed E-state index contributed by atoms with van der Waals surface area (Å²) in [6.45, 7) is 3.94. The maximum atomic E-state index is 12.0. The third kappa shape index (κ3) is 4.01. The summed E-state index contributed by atoms with van der Waals surface area (Å²) in [4.78, 5) is 12.0. The van der Waals surface area contributed by atoms with Crippen LogP contribution in [0.2, 0.25) is 0 Å². The Labute approximate surface area is 139 Å². The molecular weight excluding hydrogens is 312 g/mol. The van der Waals surface area contributed by atoms with Crippen molar-refractivity contribution in [3.8, 4) is 11.5 Å². The lowest BCUT2D eigenvalue weighted by Crippen LogP contribution is -2.16. The van der Waals surface area contributed by atoms with Crippen LogP contribution in [0.5, 0.6) is 11.5 Å². The number of tetrazole rings is 1. The van der Waals surface area contributed by atoms with Crippen LogP contribution in [0.15, 0.2) is 18.2 Å². The lowest BCUT2D eigenvalue weighted by Gasteiger charge is -2.18. The molecule has 0 aliphatic carbocycles. The van der Waals surface area contributed by atoms with Gasteiger partial charge in [0.15, 0.2) is 23.9 Å². The van der Waals surface area contributed by atoms with Crippen molar-refractivity contribution in [3.05, 3.63) is 29.6 Å². The first-order valence-corrected chi connectivity index (χ1v) is 8.05. The molecule has 128 valence electrons. The second kappa shape index (κ2) is 7.76. The fourth-order valence-corrected chi connectivity index (χ4v) is 2.37. The van der Waals surface area contributed by atoms with Gasteiger partial charge in [-0.05, 0) is 34.5 Å². The van der Waals surface area contributed by atoms with E-state index in [1.807, 2.05) is 12.1 Å². The average Bonchev–Trinajstić information content (AvgIpc) is 3.05. The van der Waals surface area contributed by atoms with E-state index in [4.69, 9.17) is 14.2 Å². The molecule has 0 saturated carbocycles. The molecule has 3 rings (SSSR count). The number of fused-ring (bicyclic) bond motifs is 1. The first-order chi connectivity index (χ1) is 11.8. The molecule has 2 aromatic rings. The van der Waals surface area contributed by atoms with E-state index in [1.54, 1.807) is 10.7 Å². The molecule has 2 heterocycles. The quantitative estimate of drug-likeness (QED) is 0.710. The van der Waals surface area contributed by atoms with Crippen molar-refractivity contribution in [2.24, 2.45) is 0 Å². The average molecular weight is 332 g/mol. The number of hydrogen-bond donors (Lipinski definition) is 0. The van der Waals surface area contributed by atoms with Gasteiger partial charge in [-0.1, -0.05) is 19.4 Å². The number of ether oxygens (including phenoxy) is 3. The molecule has 1 aromatic heterocycles. The summed E-state index contributed by atoms with van der Waals surface area (Å²) in [5.74, 6) is 1.58. The maximum absolute atomic E-state index is 12.0. The maximum Gasteiger partial charge on any atom is 0.310 e. The van der Waals surface area contributed by atoms with Gasteiger partial charge in [-0.25, -0.2) is 4.68 Å². The monoisotopic (exact) mass is 332 g/mol. The van der Waals surface area contributed by atoms with E-state index in [1.165, 1.54) is 0 Å². The fourth-order valence-electron chi connectivity index (χ4n) is 2.37. The standard InChI is InChI=1S/C16H20N4O4/c1-2-3-6-20-15(17-18-19-20)11-24-16(21)10-12-4-5-13-14(9-12)23-8-7-22-13/h4-5,9H,2-3,6-8,10-11H2,1H3. The van der Waals surface area contributed by atoms with E-state index in [9.17, 15) is 4.79 Å². The van der Waals surface area contributed by atoms with Gasteiger partial charge >= 0.3 is 5.97 Å². The van der Waals surface area contributed by atoms with Crippen molar-refractivity contribution in [1.82, 2.24) is 20.2 Å². The van der Waals surface area contributed by atoms with E-state index in [-0.39, 0.29) is 19.0 Å². The Bertz CT molecular complexity index is 701. The number of aryl methyl sites for hydroxylation is 1. The van der Waals surface area contributed by atoms with E-state index in [0.29, 0.717) is 30.5 Å². The molecule has 8 nitrogen and oxygen atoms in total. The van der Waals surface area contributed by atoms with Gasteiger partial charge in [0, 0.05) is 6.54 Å². The molecule has 24 heavy (non-hydrogen) atoms. The molecule has 0 unspecified atom stereocenters. The lowest BCUT2D eigenvalue weighted by molar-refractivity contribution is -0.144. The van der Waals surface area contributed by atoms with E-state index in [0.717, 1.165) is 24.9 Å². The zero-order chi connectivity index (χ0) is 16.8. The van der Waals surface area contributed by atoms with Gasteiger partial charge in [0.25, 0.3) is 0 Å². The first-order valence-electron chi connectivity index (χ1n) is 8.05. The Balaban J connectivity index is 1.53. The molecule has 8 heteroatoms. The Kier molecular flexibility index (Phi) is 5.25. The minimum absolute atomic E-state index is 0.0695. The predicted octanol–water partition coefficient (Wildman–Crippen LogP) is 1.53. The zero-order valence-corrected chi connectivity index (χ0v) is 13.6. The minimum Gasteiger partial charge on any atom is -0.486 e. The number of unbranched alkanes of at least 4 members (excludes halogenated alkanes) is 1. The van der Waals surface area contributed by atoms with Crippen LogP contribution in [-0.2, 0) is 29.1 Å². The van der Waals surface area contributed by atoms with Crippen LogP contribution in [0.3, 0.4) is 0 Å². The van der Waals surface area contributed by atoms with Crippen molar-refractivity contribution in [2.75, 3.05) is 13.2 Å². The summed E-state index contributed by atoms with van der Waals surface area (Å²) in [7, 11) is 0. The van der Waals surface area contributed by atoms with Crippen LogP contribution in [0.25, 0.3) is 0 Å². The SMILES string of the molecule is CCCCn1nnnc1COC(=O)Cc1ccc2c(c1)OCCO2. The van der Waals surface area contributed by atoms with Crippen LogP contribution < -0.4 is 9.47 Å². The van der Waals surface area contributed by atoms with Crippen LogP contribution >= 0.6 is 0 Å². The van der Waals surface area contributed by atoms with Crippen LogP contribution in [0, 0.1) is 0 Å². The Morgan fingerprint density at radius 2 is 2.12 bits per heavy atom. The summed E-state index contributed by atoms with van der Waals surface area (Å²) >= 11 is 0. The van der Waals surface area contributed by atoms with Gasteiger partial charge < -0.3 is 14.2 Å². The van der Waals surface area contributed by atoms with Gasteiger partial charge in [-0.2, -0.15) is 0 Å². The van der Waals surface area contributed by atoms with Gasteiger partial charge in [0.2, 0.25) is 0 Å². The number of carbonyl (C=O) groups is 1. The third-order valence-electron chi connectivity index (χ3n) is 3.65. The molecule has 1 aliphatic heterocycles. The normalized spacial score (nSPS) is 12.9. The number of carbonyl (C=O) groups excluding carboxylic acids is 1.